The van der Waals surface area contributed by atoms with Gasteiger partial charge in [-0.2, -0.15) is 0 Å². The Morgan fingerprint density at radius 3 is 2.42 bits per heavy atom. The summed E-state index contributed by atoms with van der Waals surface area (Å²) in [6.45, 7) is 4.75. The topological polar surface area (TPSA) is 102 Å². The lowest BCUT2D eigenvalue weighted by Crippen LogP contribution is -2.43. The van der Waals surface area contributed by atoms with Crippen molar-refractivity contribution in [1.29, 1.82) is 0 Å². The highest BCUT2D eigenvalue weighted by atomic mass is 16.5. The summed E-state index contributed by atoms with van der Waals surface area (Å²) >= 11 is 0. The van der Waals surface area contributed by atoms with E-state index in [0.717, 1.165) is 16.7 Å². The van der Waals surface area contributed by atoms with E-state index in [9.17, 15) is 19.5 Å². The van der Waals surface area contributed by atoms with E-state index in [0.29, 0.717) is 17.7 Å². The molecule has 2 aromatic rings. The van der Waals surface area contributed by atoms with Crippen molar-refractivity contribution < 1.29 is 29.0 Å². The Labute approximate surface area is 193 Å². The molecular formula is C26H29NO6. The first-order chi connectivity index (χ1) is 15.8. The van der Waals surface area contributed by atoms with Crippen molar-refractivity contribution in [2.75, 3.05) is 6.61 Å². The van der Waals surface area contributed by atoms with Gasteiger partial charge in [0.2, 0.25) is 5.91 Å². The molecule has 0 spiro atoms. The minimum Gasteiger partial charge on any atom is -0.459 e. The number of rotatable bonds is 10. The smallest absolute Gasteiger partial charge is 0.331 e. The SMILES string of the molecule is CC(=O)Oc1ccc(/C=C/C(=O)N[C@@H](CO)C(=O)OCc2ccccc2)cc1CC=C(C)C. The van der Waals surface area contributed by atoms with Crippen molar-refractivity contribution in [2.24, 2.45) is 0 Å². The molecule has 0 bridgehead atoms. The summed E-state index contributed by atoms with van der Waals surface area (Å²) in [5.41, 5.74) is 3.44. The van der Waals surface area contributed by atoms with Gasteiger partial charge < -0.3 is 19.9 Å². The van der Waals surface area contributed by atoms with Gasteiger partial charge >= 0.3 is 11.9 Å². The summed E-state index contributed by atoms with van der Waals surface area (Å²) in [5.74, 6) is -1.23. The first-order valence-corrected chi connectivity index (χ1v) is 10.5. The fraction of sp³-hybridized carbons (Fsp3) is 0.269. The molecule has 0 aliphatic rings. The van der Waals surface area contributed by atoms with Gasteiger partial charge in [0.15, 0.2) is 6.04 Å². The number of hydrogen-bond acceptors (Lipinski definition) is 6. The molecule has 0 heterocycles. The molecule has 0 saturated heterocycles. The maximum Gasteiger partial charge on any atom is 0.331 e. The van der Waals surface area contributed by atoms with Gasteiger partial charge in [-0.25, -0.2) is 4.79 Å². The van der Waals surface area contributed by atoms with Crippen molar-refractivity contribution in [3.8, 4) is 5.75 Å². The van der Waals surface area contributed by atoms with Crippen molar-refractivity contribution in [2.45, 2.75) is 39.8 Å². The summed E-state index contributed by atoms with van der Waals surface area (Å²) in [4.78, 5) is 35.8. The predicted octanol–water partition coefficient (Wildman–Crippen LogP) is 3.35. The van der Waals surface area contributed by atoms with Gasteiger partial charge in [-0.3, -0.25) is 9.59 Å². The Morgan fingerprint density at radius 2 is 1.79 bits per heavy atom. The predicted molar refractivity (Wildman–Crippen MR) is 125 cm³/mol. The van der Waals surface area contributed by atoms with Gasteiger partial charge in [0.1, 0.15) is 12.4 Å². The molecular weight excluding hydrogens is 422 g/mol. The zero-order valence-electron chi connectivity index (χ0n) is 19.0. The molecule has 0 fully saturated rings. The molecule has 7 nitrogen and oxygen atoms in total. The van der Waals surface area contributed by atoms with E-state index in [2.05, 4.69) is 5.32 Å². The van der Waals surface area contributed by atoms with Crippen LogP contribution in [0.15, 0.2) is 66.3 Å². The summed E-state index contributed by atoms with van der Waals surface area (Å²) < 4.78 is 10.4. The Bertz CT molecular complexity index is 1020. The molecule has 0 saturated carbocycles. The number of esters is 2. The van der Waals surface area contributed by atoms with E-state index in [1.54, 1.807) is 30.3 Å². The first-order valence-electron chi connectivity index (χ1n) is 10.5. The van der Waals surface area contributed by atoms with E-state index in [4.69, 9.17) is 9.47 Å². The number of aliphatic hydroxyl groups is 1. The Morgan fingerprint density at radius 1 is 1.06 bits per heavy atom. The first kappa shape index (κ1) is 25.5. The van der Waals surface area contributed by atoms with Gasteiger partial charge in [0.05, 0.1) is 6.61 Å². The summed E-state index contributed by atoms with van der Waals surface area (Å²) in [7, 11) is 0. The highest BCUT2D eigenvalue weighted by Crippen LogP contribution is 2.23. The number of aliphatic hydroxyl groups excluding tert-OH is 1. The van der Waals surface area contributed by atoms with Crippen molar-refractivity contribution in [3.63, 3.8) is 0 Å². The maximum atomic E-state index is 12.3. The molecule has 1 atom stereocenters. The van der Waals surface area contributed by atoms with E-state index in [1.165, 1.54) is 13.0 Å². The lowest BCUT2D eigenvalue weighted by molar-refractivity contribution is -0.149. The minimum atomic E-state index is -1.18. The van der Waals surface area contributed by atoms with E-state index in [-0.39, 0.29) is 6.61 Å². The van der Waals surface area contributed by atoms with Crippen LogP contribution < -0.4 is 10.1 Å². The molecule has 33 heavy (non-hydrogen) atoms. The molecule has 0 radical (unpaired) electrons. The fourth-order valence-electron chi connectivity index (χ4n) is 2.83. The molecule has 174 valence electrons. The second-order valence-corrected chi connectivity index (χ2v) is 7.62. The largest absolute Gasteiger partial charge is 0.459 e. The second-order valence-electron chi connectivity index (χ2n) is 7.62. The molecule has 2 aromatic carbocycles. The van der Waals surface area contributed by atoms with Crippen molar-refractivity contribution >= 4 is 23.9 Å². The highest BCUT2D eigenvalue weighted by Gasteiger charge is 2.20. The molecule has 0 aliphatic carbocycles. The third-order valence-electron chi connectivity index (χ3n) is 4.50. The second kappa shape index (κ2) is 13.0. The molecule has 1 amide bonds. The number of ether oxygens (including phenoxy) is 2. The standard InChI is InChI=1S/C26H29NO6/c1-18(2)9-12-22-15-20(10-13-24(22)33-19(3)29)11-14-25(30)27-23(16-28)26(31)32-17-21-7-5-4-6-8-21/h4-11,13-15,23,28H,12,16-17H2,1-3H3,(H,27,30)/b14-11+/t23-/m0/s1. The zero-order valence-corrected chi connectivity index (χ0v) is 19.0. The summed E-state index contributed by atoms with van der Waals surface area (Å²) in [6, 6.07) is 13.1. The van der Waals surface area contributed by atoms with Crippen LogP contribution >= 0.6 is 0 Å². The van der Waals surface area contributed by atoms with Gasteiger partial charge in [0, 0.05) is 13.0 Å². The van der Waals surface area contributed by atoms with Crippen LogP contribution in [0.3, 0.4) is 0 Å². The van der Waals surface area contributed by atoms with E-state index in [1.807, 2.05) is 44.2 Å². The van der Waals surface area contributed by atoms with Gasteiger partial charge in [-0.15, -0.1) is 0 Å². The number of benzene rings is 2. The summed E-state index contributed by atoms with van der Waals surface area (Å²) in [5, 5.41) is 11.9. The normalized spacial score (nSPS) is 11.5. The molecule has 0 aromatic heterocycles. The fourth-order valence-corrected chi connectivity index (χ4v) is 2.83. The quantitative estimate of drug-likeness (QED) is 0.249. The lowest BCUT2D eigenvalue weighted by atomic mass is 10.0. The van der Waals surface area contributed by atoms with Crippen LogP contribution in [0, 0.1) is 0 Å². The lowest BCUT2D eigenvalue weighted by Gasteiger charge is -2.14. The number of carbonyl (C=O) groups is 3. The number of carbonyl (C=O) groups excluding carboxylic acids is 3. The van der Waals surface area contributed by atoms with Crippen LogP contribution in [0.1, 0.15) is 37.5 Å². The van der Waals surface area contributed by atoms with Crippen molar-refractivity contribution in [3.05, 3.63) is 82.9 Å². The molecule has 0 aliphatic heterocycles. The van der Waals surface area contributed by atoms with Gasteiger partial charge in [-0.1, -0.05) is 48.0 Å². The number of amides is 1. The average molecular weight is 452 g/mol. The van der Waals surface area contributed by atoms with Crippen LogP contribution in [-0.2, 0) is 32.1 Å². The van der Waals surface area contributed by atoms with Crippen LogP contribution in [0.4, 0.5) is 0 Å². The van der Waals surface area contributed by atoms with Crippen molar-refractivity contribution in [1.82, 2.24) is 5.32 Å². The minimum absolute atomic E-state index is 0.0466. The van der Waals surface area contributed by atoms with E-state index >= 15 is 0 Å². The number of nitrogens with one attached hydrogen (secondary N) is 1. The maximum absolute atomic E-state index is 12.3. The average Bonchev–Trinajstić information content (AvgIpc) is 2.79. The van der Waals surface area contributed by atoms with Crippen LogP contribution in [0.25, 0.3) is 6.08 Å². The Hall–Kier alpha value is -3.71. The van der Waals surface area contributed by atoms with Crippen LogP contribution in [0.2, 0.25) is 0 Å². The molecule has 2 rings (SSSR count). The van der Waals surface area contributed by atoms with Crippen LogP contribution in [-0.4, -0.2) is 35.6 Å². The number of allylic oxidation sites excluding steroid dienone is 2. The molecule has 0 unspecified atom stereocenters. The van der Waals surface area contributed by atoms with Gasteiger partial charge in [0.25, 0.3) is 0 Å². The third-order valence-corrected chi connectivity index (χ3v) is 4.50. The molecule has 2 N–H and O–H groups in total. The van der Waals surface area contributed by atoms with E-state index < -0.39 is 30.5 Å². The Balaban J connectivity index is 2.02. The zero-order chi connectivity index (χ0) is 24.2. The molecule has 7 heteroatoms. The monoisotopic (exact) mass is 451 g/mol. The van der Waals surface area contributed by atoms with Crippen LogP contribution in [0.5, 0.6) is 5.75 Å². The van der Waals surface area contributed by atoms with Gasteiger partial charge in [-0.05, 0) is 55.2 Å². The summed E-state index contributed by atoms with van der Waals surface area (Å²) in [6.07, 6.45) is 5.41. The Kier molecular flexibility index (Phi) is 10.0. The number of hydrogen-bond donors (Lipinski definition) is 2. The highest BCUT2D eigenvalue weighted by molar-refractivity contribution is 5.94. The third kappa shape index (κ3) is 9.13.